The van der Waals surface area contributed by atoms with Gasteiger partial charge in [-0.1, -0.05) is 27.7 Å². The number of nitrogens with zero attached hydrogens (tertiary/aromatic N) is 3. The van der Waals surface area contributed by atoms with Crippen molar-refractivity contribution in [2.24, 2.45) is 11.3 Å². The molecule has 116 valence electrons. The van der Waals surface area contributed by atoms with E-state index in [1.54, 1.807) is 0 Å². The smallest absolute Gasteiger partial charge is 0.311 e. The van der Waals surface area contributed by atoms with E-state index in [1.807, 2.05) is 26.8 Å². The van der Waals surface area contributed by atoms with E-state index in [-0.39, 0.29) is 11.8 Å². The summed E-state index contributed by atoms with van der Waals surface area (Å²) in [7, 11) is 0. The van der Waals surface area contributed by atoms with E-state index in [1.165, 1.54) is 0 Å². The molecule has 1 aromatic heterocycles. The van der Waals surface area contributed by atoms with Crippen molar-refractivity contribution in [2.45, 2.75) is 47.0 Å². The molecule has 0 spiro atoms. The highest BCUT2D eigenvalue weighted by atomic mass is 16.4. The van der Waals surface area contributed by atoms with Gasteiger partial charge >= 0.3 is 5.97 Å². The molecule has 2 rings (SSSR count). The molecule has 5 nitrogen and oxygen atoms in total. The summed E-state index contributed by atoms with van der Waals surface area (Å²) in [6, 6.07) is 1.95. The first-order valence-electron chi connectivity index (χ1n) is 7.60. The lowest BCUT2D eigenvalue weighted by Crippen LogP contribution is -2.39. The number of hydrogen-bond acceptors (Lipinski definition) is 4. The van der Waals surface area contributed by atoms with Crippen LogP contribution in [0.3, 0.4) is 0 Å². The van der Waals surface area contributed by atoms with E-state index >= 15 is 0 Å². The fraction of sp³-hybridized carbons (Fsp3) is 0.688. The van der Waals surface area contributed by atoms with Crippen molar-refractivity contribution < 1.29 is 9.90 Å². The van der Waals surface area contributed by atoms with Gasteiger partial charge in [-0.15, -0.1) is 0 Å². The Morgan fingerprint density at radius 1 is 1.33 bits per heavy atom. The average molecular weight is 291 g/mol. The molecule has 5 heteroatoms. The summed E-state index contributed by atoms with van der Waals surface area (Å²) >= 11 is 0. The first kappa shape index (κ1) is 15.7. The zero-order valence-electron chi connectivity index (χ0n) is 13.6. The van der Waals surface area contributed by atoms with Crippen molar-refractivity contribution in [1.29, 1.82) is 0 Å². The van der Waals surface area contributed by atoms with E-state index in [4.69, 9.17) is 0 Å². The summed E-state index contributed by atoms with van der Waals surface area (Å²) < 4.78 is 0. The Morgan fingerprint density at radius 3 is 2.48 bits per heavy atom. The highest BCUT2D eigenvalue weighted by molar-refractivity contribution is 5.77. The van der Waals surface area contributed by atoms with Gasteiger partial charge < -0.3 is 10.0 Å². The highest BCUT2D eigenvalue weighted by Gasteiger charge is 2.47. The SMILES string of the molecule is Cc1cc(N2CCC(C(=O)O)(C(C)C)C2)nc(C(C)C)n1. The molecular weight excluding hydrogens is 266 g/mol. The minimum Gasteiger partial charge on any atom is -0.481 e. The lowest BCUT2D eigenvalue weighted by molar-refractivity contribution is -0.150. The van der Waals surface area contributed by atoms with E-state index in [2.05, 4.69) is 28.7 Å². The molecule has 21 heavy (non-hydrogen) atoms. The van der Waals surface area contributed by atoms with E-state index in [9.17, 15) is 9.90 Å². The van der Waals surface area contributed by atoms with Gasteiger partial charge in [-0.05, 0) is 19.3 Å². The largest absolute Gasteiger partial charge is 0.481 e. The molecule has 1 aliphatic heterocycles. The number of aryl methyl sites for hydroxylation is 1. The fourth-order valence-electron chi connectivity index (χ4n) is 2.92. The Labute approximate surface area is 126 Å². The maximum atomic E-state index is 11.7. The molecule has 0 bridgehead atoms. The zero-order valence-corrected chi connectivity index (χ0v) is 13.6. The molecule has 0 amide bonds. The summed E-state index contributed by atoms with van der Waals surface area (Å²) in [4.78, 5) is 22.9. The van der Waals surface area contributed by atoms with Crippen LogP contribution in [0.2, 0.25) is 0 Å². The third-order valence-electron chi connectivity index (χ3n) is 4.53. The Morgan fingerprint density at radius 2 is 2.00 bits per heavy atom. The molecule has 1 unspecified atom stereocenters. The molecular formula is C16H25N3O2. The second-order valence-electron chi connectivity index (χ2n) is 6.67. The fourth-order valence-corrected chi connectivity index (χ4v) is 2.92. The maximum absolute atomic E-state index is 11.7. The molecule has 0 saturated carbocycles. The van der Waals surface area contributed by atoms with E-state index in [0.717, 1.165) is 23.9 Å². The molecule has 1 N–H and O–H groups in total. The van der Waals surface area contributed by atoms with Crippen LogP contribution in [0.5, 0.6) is 0 Å². The molecule has 2 heterocycles. The van der Waals surface area contributed by atoms with Crippen molar-refractivity contribution in [1.82, 2.24) is 9.97 Å². The van der Waals surface area contributed by atoms with Crippen LogP contribution in [0.1, 0.15) is 51.6 Å². The average Bonchev–Trinajstić information content (AvgIpc) is 2.84. The second kappa shape index (κ2) is 5.62. The van der Waals surface area contributed by atoms with Crippen LogP contribution in [0.4, 0.5) is 5.82 Å². The second-order valence-corrected chi connectivity index (χ2v) is 6.67. The molecule has 1 saturated heterocycles. The summed E-state index contributed by atoms with van der Waals surface area (Å²) in [5.41, 5.74) is 0.262. The standard InChI is InChI=1S/C16H25N3O2/c1-10(2)14-17-12(5)8-13(18-14)19-7-6-16(9-19,11(3)4)15(20)21/h8,10-11H,6-7,9H2,1-5H3,(H,20,21). The van der Waals surface area contributed by atoms with Gasteiger partial charge in [0, 0.05) is 30.8 Å². The predicted molar refractivity (Wildman–Crippen MR) is 82.6 cm³/mol. The van der Waals surface area contributed by atoms with Crippen LogP contribution in [-0.4, -0.2) is 34.1 Å². The normalized spacial score (nSPS) is 22.3. The van der Waals surface area contributed by atoms with Crippen LogP contribution in [0, 0.1) is 18.3 Å². The number of hydrogen-bond donors (Lipinski definition) is 1. The van der Waals surface area contributed by atoms with Gasteiger partial charge in [0.05, 0.1) is 5.41 Å². The summed E-state index contributed by atoms with van der Waals surface area (Å²) in [5.74, 6) is 1.35. The maximum Gasteiger partial charge on any atom is 0.311 e. The van der Waals surface area contributed by atoms with Gasteiger partial charge in [0.25, 0.3) is 0 Å². The van der Waals surface area contributed by atoms with Gasteiger partial charge in [-0.25, -0.2) is 9.97 Å². The third kappa shape index (κ3) is 2.87. The van der Waals surface area contributed by atoms with Crippen LogP contribution in [-0.2, 0) is 4.79 Å². The van der Waals surface area contributed by atoms with Crippen LogP contribution >= 0.6 is 0 Å². The molecule has 1 fully saturated rings. The number of anilines is 1. The summed E-state index contributed by atoms with van der Waals surface area (Å²) in [6.45, 7) is 11.3. The third-order valence-corrected chi connectivity index (χ3v) is 4.53. The Hall–Kier alpha value is -1.65. The number of aromatic nitrogens is 2. The van der Waals surface area contributed by atoms with Crippen molar-refractivity contribution in [3.8, 4) is 0 Å². The molecule has 0 aliphatic carbocycles. The van der Waals surface area contributed by atoms with Crippen LogP contribution in [0.15, 0.2) is 6.07 Å². The Balaban J connectivity index is 2.31. The molecule has 1 atom stereocenters. The monoisotopic (exact) mass is 291 g/mol. The summed E-state index contributed by atoms with van der Waals surface area (Å²) in [5, 5.41) is 9.64. The van der Waals surface area contributed by atoms with Crippen LogP contribution < -0.4 is 4.90 Å². The van der Waals surface area contributed by atoms with E-state index < -0.39 is 11.4 Å². The Kier molecular flexibility index (Phi) is 4.21. The molecule has 0 aromatic carbocycles. The lowest BCUT2D eigenvalue weighted by Gasteiger charge is -2.29. The van der Waals surface area contributed by atoms with Gasteiger partial charge in [0.15, 0.2) is 0 Å². The summed E-state index contributed by atoms with van der Waals surface area (Å²) in [6.07, 6.45) is 0.667. The Bertz CT molecular complexity index is 542. The van der Waals surface area contributed by atoms with Crippen molar-refractivity contribution in [3.05, 3.63) is 17.6 Å². The molecule has 0 radical (unpaired) electrons. The molecule has 1 aromatic rings. The van der Waals surface area contributed by atoms with Gasteiger partial charge in [-0.3, -0.25) is 4.79 Å². The topological polar surface area (TPSA) is 66.3 Å². The lowest BCUT2D eigenvalue weighted by atomic mass is 9.76. The van der Waals surface area contributed by atoms with Gasteiger partial charge in [-0.2, -0.15) is 0 Å². The number of aliphatic carboxylic acids is 1. The number of rotatable bonds is 4. The molecule has 1 aliphatic rings. The van der Waals surface area contributed by atoms with Crippen molar-refractivity contribution in [2.75, 3.05) is 18.0 Å². The highest BCUT2D eigenvalue weighted by Crippen LogP contribution is 2.39. The quantitative estimate of drug-likeness (QED) is 0.924. The minimum absolute atomic E-state index is 0.104. The number of carbonyl (C=O) groups is 1. The first-order valence-corrected chi connectivity index (χ1v) is 7.60. The zero-order chi connectivity index (χ0) is 15.8. The number of carboxylic acid groups (broad SMARTS) is 1. The van der Waals surface area contributed by atoms with Crippen molar-refractivity contribution >= 4 is 11.8 Å². The minimum atomic E-state index is -0.699. The predicted octanol–water partition coefficient (Wildman–Crippen LogP) is 2.85. The van der Waals surface area contributed by atoms with E-state index in [0.29, 0.717) is 13.0 Å². The van der Waals surface area contributed by atoms with Crippen LogP contribution in [0.25, 0.3) is 0 Å². The van der Waals surface area contributed by atoms with Gasteiger partial charge in [0.2, 0.25) is 0 Å². The van der Waals surface area contributed by atoms with Gasteiger partial charge in [0.1, 0.15) is 11.6 Å². The number of carboxylic acids is 1. The van der Waals surface area contributed by atoms with Crippen molar-refractivity contribution in [3.63, 3.8) is 0 Å². The first-order chi connectivity index (χ1) is 9.76.